The van der Waals surface area contributed by atoms with Crippen molar-refractivity contribution >= 4 is 29.5 Å². The van der Waals surface area contributed by atoms with Crippen molar-refractivity contribution in [1.29, 1.82) is 0 Å². The Morgan fingerprint density at radius 2 is 1.12 bits per heavy atom. The smallest absolute Gasteiger partial charge is 0.307 e. The van der Waals surface area contributed by atoms with E-state index in [1.54, 1.807) is 0 Å². The summed E-state index contributed by atoms with van der Waals surface area (Å²) in [5.74, 6) is -1.17. The largest absolute Gasteiger partial charge is 0.465 e. The number of nitrogens with one attached hydrogen (secondary N) is 2. The quantitative estimate of drug-likeness (QED) is 0.122. The molecule has 0 aliphatic rings. The van der Waals surface area contributed by atoms with E-state index in [4.69, 9.17) is 19.9 Å². The second-order valence-electron chi connectivity index (χ2n) is 11.1. The fourth-order valence-corrected chi connectivity index (χ4v) is 4.10. The normalized spacial score (nSPS) is 14.3. The van der Waals surface area contributed by atoms with Crippen molar-refractivity contribution in [2.45, 2.75) is 99.1 Å². The lowest BCUT2D eigenvalue weighted by molar-refractivity contribution is -0.162. The van der Waals surface area contributed by atoms with Crippen LogP contribution in [-0.2, 0) is 38.2 Å². The van der Waals surface area contributed by atoms with Crippen molar-refractivity contribution in [3.8, 4) is 0 Å². The van der Waals surface area contributed by atoms with Crippen LogP contribution in [-0.4, -0.2) is 81.0 Å². The molecule has 40 heavy (non-hydrogen) atoms. The van der Waals surface area contributed by atoms with Crippen LogP contribution in [0.3, 0.4) is 0 Å². The molecule has 0 heterocycles. The maximum atomic E-state index is 12.5. The van der Waals surface area contributed by atoms with Crippen LogP contribution < -0.4 is 16.4 Å². The summed E-state index contributed by atoms with van der Waals surface area (Å²) in [5, 5.41) is 6.23. The first-order valence-corrected chi connectivity index (χ1v) is 14.5. The number of rotatable bonds is 23. The predicted octanol–water partition coefficient (Wildman–Crippen LogP) is 2.33. The molecule has 4 N–H and O–H groups in total. The van der Waals surface area contributed by atoms with Gasteiger partial charge in [-0.15, -0.1) is 0 Å². The minimum atomic E-state index is -0.937. The summed E-state index contributed by atoms with van der Waals surface area (Å²) >= 11 is 0. The van der Waals surface area contributed by atoms with Gasteiger partial charge >= 0.3 is 17.9 Å². The molecule has 0 amide bonds. The first-order chi connectivity index (χ1) is 18.8. The van der Waals surface area contributed by atoms with Gasteiger partial charge in [0.05, 0.1) is 36.8 Å². The summed E-state index contributed by atoms with van der Waals surface area (Å²) in [5.41, 5.74) is 4.49. The average molecular weight is 572 g/mol. The Morgan fingerprint density at radius 3 is 1.48 bits per heavy atom. The minimum Gasteiger partial charge on any atom is -0.465 e. The van der Waals surface area contributed by atoms with Crippen LogP contribution >= 0.6 is 0 Å². The first-order valence-electron chi connectivity index (χ1n) is 14.5. The van der Waals surface area contributed by atoms with Crippen molar-refractivity contribution in [3.63, 3.8) is 0 Å². The van der Waals surface area contributed by atoms with Gasteiger partial charge in [-0.1, -0.05) is 41.5 Å². The highest BCUT2D eigenvalue weighted by Gasteiger charge is 2.34. The van der Waals surface area contributed by atoms with Crippen LogP contribution in [0.4, 0.5) is 0 Å². The number of esters is 3. The second kappa shape index (κ2) is 20.5. The van der Waals surface area contributed by atoms with E-state index in [1.807, 2.05) is 41.5 Å². The number of carbonyl (C=O) groups excluding carboxylic acids is 5. The molecule has 0 spiro atoms. The Balaban J connectivity index is 5.09. The van der Waals surface area contributed by atoms with Gasteiger partial charge in [-0.25, -0.2) is 0 Å². The maximum Gasteiger partial charge on any atom is 0.307 e. The van der Waals surface area contributed by atoms with E-state index < -0.39 is 23.3 Å². The van der Waals surface area contributed by atoms with Gasteiger partial charge in [0.25, 0.3) is 0 Å². The number of ether oxygens (including phenoxy) is 3. The second-order valence-corrected chi connectivity index (χ2v) is 11.1. The Labute approximate surface area is 240 Å². The third kappa shape index (κ3) is 15.4. The van der Waals surface area contributed by atoms with Gasteiger partial charge in [0.1, 0.15) is 31.4 Å². The van der Waals surface area contributed by atoms with Gasteiger partial charge in [0.15, 0.2) is 0 Å². The average Bonchev–Trinajstić information content (AvgIpc) is 2.88. The molecule has 11 heteroatoms. The van der Waals surface area contributed by atoms with Crippen LogP contribution in [0.25, 0.3) is 0 Å². The highest BCUT2D eigenvalue weighted by atomic mass is 16.6. The van der Waals surface area contributed by atoms with Gasteiger partial charge in [-0.3, -0.25) is 24.0 Å². The molecule has 11 nitrogen and oxygen atoms in total. The maximum absolute atomic E-state index is 12.5. The number of nitrogens with two attached hydrogens (primary N) is 1. The molecular formula is C29H53N3O8. The molecule has 232 valence electrons. The topological polar surface area (TPSA) is 163 Å². The molecule has 0 aromatic rings. The third-order valence-electron chi connectivity index (χ3n) is 6.72. The number of Topliss-reactive ketones (excluding diaryl/α,β-unsaturated/α-hetero) is 2. The standard InChI is InChI=1S/C29H53N3O8/c1-8-10-23(34)28(21(5)6)32-16-13-26(37)40-19-29(9-2,17-38-24(35)11-14-30)18-39-25(36)12-15-31-27(20(3)4)22(7)33/h20-21,27-28,31-32H,8-19,30H2,1-7H3. The van der Waals surface area contributed by atoms with Crippen molar-refractivity contribution < 1.29 is 38.2 Å². The fourth-order valence-electron chi connectivity index (χ4n) is 4.10. The number of hydrogen-bond acceptors (Lipinski definition) is 11. The van der Waals surface area contributed by atoms with Crippen molar-refractivity contribution in [1.82, 2.24) is 10.6 Å². The molecule has 0 radical (unpaired) electrons. The van der Waals surface area contributed by atoms with Crippen LogP contribution in [0.2, 0.25) is 0 Å². The summed E-state index contributed by atoms with van der Waals surface area (Å²) in [6, 6.07) is -0.677. The third-order valence-corrected chi connectivity index (χ3v) is 6.72. The van der Waals surface area contributed by atoms with Crippen LogP contribution in [0.1, 0.15) is 87.0 Å². The SMILES string of the molecule is CCCC(=O)C(NCCC(=O)OCC(CC)(COC(=O)CCN)COC(=O)CCNC(C(C)=O)C(C)C)C(C)C. The van der Waals surface area contributed by atoms with E-state index in [-0.39, 0.29) is 94.2 Å². The molecule has 0 aliphatic carbocycles. The molecular weight excluding hydrogens is 518 g/mol. The van der Waals surface area contributed by atoms with Gasteiger partial charge < -0.3 is 30.6 Å². The summed E-state index contributed by atoms with van der Waals surface area (Å²) in [4.78, 5) is 61.0. The summed E-state index contributed by atoms with van der Waals surface area (Å²) in [6.07, 6.45) is 1.78. The molecule has 0 saturated carbocycles. The lowest BCUT2D eigenvalue weighted by atomic mass is 9.88. The first kappa shape index (κ1) is 37.6. The van der Waals surface area contributed by atoms with Crippen molar-refractivity contribution in [3.05, 3.63) is 0 Å². The van der Waals surface area contributed by atoms with E-state index in [9.17, 15) is 24.0 Å². The zero-order chi connectivity index (χ0) is 30.7. The highest BCUT2D eigenvalue weighted by molar-refractivity contribution is 5.84. The Hall–Kier alpha value is -2.37. The lowest BCUT2D eigenvalue weighted by Crippen LogP contribution is -2.42. The molecule has 0 fully saturated rings. The van der Waals surface area contributed by atoms with Crippen LogP contribution in [0, 0.1) is 17.3 Å². The Bertz CT molecular complexity index is 802. The number of carbonyl (C=O) groups is 5. The number of ketones is 2. The summed E-state index contributed by atoms with van der Waals surface area (Å²) in [7, 11) is 0. The summed E-state index contributed by atoms with van der Waals surface area (Å²) in [6.45, 7) is 13.4. The Kier molecular flexibility index (Phi) is 19.3. The van der Waals surface area contributed by atoms with E-state index >= 15 is 0 Å². The molecule has 0 saturated heterocycles. The van der Waals surface area contributed by atoms with E-state index in [0.29, 0.717) is 12.8 Å². The van der Waals surface area contributed by atoms with E-state index in [0.717, 1.165) is 6.42 Å². The molecule has 3 atom stereocenters. The van der Waals surface area contributed by atoms with Crippen molar-refractivity contribution in [2.24, 2.45) is 23.0 Å². The van der Waals surface area contributed by atoms with Gasteiger partial charge in [0, 0.05) is 26.1 Å². The minimum absolute atomic E-state index is 0.00281. The number of hydrogen-bond donors (Lipinski definition) is 3. The fraction of sp³-hybridized carbons (Fsp3) is 0.828. The Morgan fingerprint density at radius 1 is 0.700 bits per heavy atom. The van der Waals surface area contributed by atoms with Crippen LogP contribution in [0.15, 0.2) is 0 Å². The summed E-state index contributed by atoms with van der Waals surface area (Å²) < 4.78 is 16.4. The lowest BCUT2D eigenvalue weighted by Gasteiger charge is -2.31. The molecule has 0 aliphatic heterocycles. The van der Waals surface area contributed by atoms with Gasteiger partial charge in [-0.2, -0.15) is 0 Å². The molecule has 0 rings (SSSR count). The molecule has 3 unspecified atom stereocenters. The molecule has 0 bridgehead atoms. The van der Waals surface area contributed by atoms with Gasteiger partial charge in [-0.05, 0) is 31.6 Å². The zero-order valence-corrected chi connectivity index (χ0v) is 25.6. The van der Waals surface area contributed by atoms with E-state index in [1.165, 1.54) is 6.92 Å². The van der Waals surface area contributed by atoms with Crippen LogP contribution in [0.5, 0.6) is 0 Å². The molecule has 0 aromatic carbocycles. The predicted molar refractivity (Wildman–Crippen MR) is 152 cm³/mol. The molecule has 0 aromatic heterocycles. The highest BCUT2D eigenvalue weighted by Crippen LogP contribution is 2.25. The van der Waals surface area contributed by atoms with E-state index in [2.05, 4.69) is 10.6 Å². The zero-order valence-electron chi connectivity index (χ0n) is 25.6. The van der Waals surface area contributed by atoms with Crippen molar-refractivity contribution in [2.75, 3.05) is 39.5 Å². The van der Waals surface area contributed by atoms with Gasteiger partial charge in [0.2, 0.25) is 0 Å². The monoisotopic (exact) mass is 571 g/mol.